The zero-order chi connectivity index (χ0) is 19.4. The molecule has 27 heavy (non-hydrogen) atoms. The van der Waals surface area contributed by atoms with Crippen molar-refractivity contribution in [3.05, 3.63) is 59.7 Å². The Balaban J connectivity index is 1.68. The fourth-order valence-corrected chi connectivity index (χ4v) is 3.84. The molecule has 0 bridgehead atoms. The normalized spacial score (nSPS) is 13.6. The molecule has 1 aliphatic rings. The molecule has 2 aromatic rings. The molecule has 0 spiro atoms. The fraction of sp³-hybridized carbons (Fsp3) is 0.333. The minimum absolute atomic E-state index is 0.0224. The van der Waals surface area contributed by atoms with Crippen LogP contribution < -0.4 is 10.6 Å². The number of carbonyl (C=O) groups excluding carboxylic acids is 2. The van der Waals surface area contributed by atoms with E-state index in [0.29, 0.717) is 0 Å². The third kappa shape index (κ3) is 4.34. The summed E-state index contributed by atoms with van der Waals surface area (Å²) >= 11 is -0.157. The van der Waals surface area contributed by atoms with Gasteiger partial charge in [0.15, 0.2) is 0 Å². The number of benzene rings is 2. The molecule has 3 rings (SSSR count). The number of rotatable bonds is 6. The van der Waals surface area contributed by atoms with Crippen LogP contribution in [0.3, 0.4) is 0 Å². The van der Waals surface area contributed by atoms with E-state index in [4.69, 9.17) is 4.74 Å². The Morgan fingerprint density at radius 1 is 1.00 bits per heavy atom. The second-order valence-corrected chi connectivity index (χ2v) is 8.46. The van der Waals surface area contributed by atoms with Crippen molar-refractivity contribution in [2.45, 2.75) is 31.8 Å². The molecule has 0 saturated carbocycles. The van der Waals surface area contributed by atoms with Crippen LogP contribution >= 0.6 is 0 Å². The summed E-state index contributed by atoms with van der Waals surface area (Å²) in [5.41, 5.74) is 4.74. The summed E-state index contributed by atoms with van der Waals surface area (Å²) in [5, 5.41) is 5.60. The van der Waals surface area contributed by atoms with Gasteiger partial charge in [-0.05, 0) is 0 Å². The number of alkyl carbamates (subject to hydrolysis) is 1. The van der Waals surface area contributed by atoms with Crippen LogP contribution in [0, 0.1) is 5.92 Å². The summed E-state index contributed by atoms with van der Waals surface area (Å²) in [7, 11) is 0. The van der Waals surface area contributed by atoms with Crippen LogP contribution in [-0.2, 0) is 4.74 Å². The molecule has 1 aliphatic carbocycles. The number of hydrogen-bond donors (Lipinski definition) is 2. The molecule has 0 heterocycles. The zero-order valence-corrected chi connectivity index (χ0v) is 17.4. The molecule has 0 saturated heterocycles. The van der Waals surface area contributed by atoms with Crippen molar-refractivity contribution in [1.82, 2.24) is 10.6 Å². The van der Waals surface area contributed by atoms with Crippen LogP contribution in [-0.4, -0.2) is 38.6 Å². The molecule has 6 heteroatoms. The van der Waals surface area contributed by atoms with E-state index in [9.17, 15) is 9.59 Å². The van der Waals surface area contributed by atoms with Crippen LogP contribution in [0.4, 0.5) is 9.59 Å². The van der Waals surface area contributed by atoms with Gasteiger partial charge in [0.2, 0.25) is 0 Å². The third-order valence-corrected chi connectivity index (χ3v) is 5.77. The van der Waals surface area contributed by atoms with E-state index >= 15 is 0 Å². The molecule has 2 aromatic carbocycles. The zero-order valence-electron chi connectivity index (χ0n) is 15.7. The van der Waals surface area contributed by atoms with Gasteiger partial charge in [0.1, 0.15) is 0 Å². The first-order valence-electron chi connectivity index (χ1n) is 8.97. The first-order valence-corrected chi connectivity index (χ1v) is 11.5. The van der Waals surface area contributed by atoms with Crippen molar-refractivity contribution in [3.63, 3.8) is 0 Å². The summed E-state index contributed by atoms with van der Waals surface area (Å²) in [4.78, 5) is 24.0. The first-order chi connectivity index (χ1) is 13.0. The summed E-state index contributed by atoms with van der Waals surface area (Å²) < 4.78 is 5.54. The molecule has 0 radical (unpaired) electrons. The van der Waals surface area contributed by atoms with Crippen LogP contribution in [0.2, 0.25) is 5.82 Å². The number of carbonyl (C=O) groups is 2. The Kier molecular flexibility index (Phi) is 6.19. The number of fused-ring (bicyclic) bond motifs is 3. The van der Waals surface area contributed by atoms with Gasteiger partial charge in [-0.15, -0.1) is 0 Å². The molecule has 0 fully saturated rings. The Hall–Kier alpha value is -2.30. The fourth-order valence-electron chi connectivity index (χ4n) is 3.32. The quantitative estimate of drug-likeness (QED) is 0.537. The van der Waals surface area contributed by atoms with E-state index in [-0.39, 0.29) is 38.2 Å². The second-order valence-electron chi connectivity index (χ2n) is 6.83. The molecule has 0 aromatic heterocycles. The Morgan fingerprint density at radius 3 is 2.07 bits per heavy atom. The number of ether oxygens (including phenoxy) is 1. The average molecular weight is 431 g/mol. The third-order valence-electron chi connectivity index (χ3n) is 4.74. The topological polar surface area (TPSA) is 67.4 Å². The molecule has 0 aliphatic heterocycles. The van der Waals surface area contributed by atoms with Gasteiger partial charge in [-0.2, -0.15) is 0 Å². The van der Waals surface area contributed by atoms with Crippen LogP contribution in [0.5, 0.6) is 0 Å². The second kappa shape index (κ2) is 8.59. The van der Waals surface area contributed by atoms with Crippen molar-refractivity contribution >= 4 is 25.9 Å². The van der Waals surface area contributed by atoms with E-state index in [0.717, 1.165) is 0 Å². The summed E-state index contributed by atoms with van der Waals surface area (Å²) in [6, 6.07) is 16.4. The maximum absolute atomic E-state index is 12.3. The van der Waals surface area contributed by atoms with Crippen molar-refractivity contribution in [3.8, 4) is 11.1 Å². The maximum atomic E-state index is 12.3. The monoisotopic (exact) mass is 432 g/mol. The molecule has 142 valence electrons. The van der Waals surface area contributed by atoms with Gasteiger partial charge >= 0.3 is 166 Å². The van der Waals surface area contributed by atoms with Gasteiger partial charge in [0.25, 0.3) is 0 Å². The van der Waals surface area contributed by atoms with E-state index in [2.05, 4.69) is 34.9 Å². The van der Waals surface area contributed by atoms with Gasteiger partial charge in [-0.3, -0.25) is 0 Å². The molecular weight excluding hydrogens is 407 g/mol. The van der Waals surface area contributed by atoms with Crippen molar-refractivity contribution in [2.75, 3.05) is 6.61 Å². The molecule has 2 N–H and O–H groups in total. The Bertz CT molecular complexity index is 792. The van der Waals surface area contributed by atoms with E-state index in [1.54, 1.807) is 0 Å². The van der Waals surface area contributed by atoms with Crippen LogP contribution in [0.1, 0.15) is 30.9 Å². The SMILES string of the molecule is C[Se]C(=O)N[C@@H](NC(=O)OCC1c2ccccc2-c2ccccc21)C(C)C. The van der Waals surface area contributed by atoms with E-state index in [1.807, 2.05) is 43.9 Å². The van der Waals surface area contributed by atoms with Crippen molar-refractivity contribution < 1.29 is 14.3 Å². The molecule has 5 nitrogen and oxygen atoms in total. The van der Waals surface area contributed by atoms with Crippen molar-refractivity contribution in [1.29, 1.82) is 0 Å². The molecule has 2 amide bonds. The first kappa shape index (κ1) is 19.5. The summed E-state index contributed by atoms with van der Waals surface area (Å²) in [6.45, 7) is 4.14. The molecule has 0 unspecified atom stereocenters. The van der Waals surface area contributed by atoms with E-state index < -0.39 is 12.3 Å². The molecular formula is C21H24N2O3Se. The van der Waals surface area contributed by atoms with Gasteiger partial charge < -0.3 is 0 Å². The van der Waals surface area contributed by atoms with Gasteiger partial charge in [-0.1, -0.05) is 0 Å². The summed E-state index contributed by atoms with van der Waals surface area (Å²) in [5.74, 6) is 1.93. The number of hydrogen-bond acceptors (Lipinski definition) is 3. The Morgan fingerprint density at radius 2 is 1.56 bits per heavy atom. The molecule has 1 atom stereocenters. The summed E-state index contributed by atoms with van der Waals surface area (Å²) in [6.07, 6.45) is -0.950. The Labute approximate surface area is 166 Å². The van der Waals surface area contributed by atoms with Gasteiger partial charge in [0, 0.05) is 0 Å². The predicted molar refractivity (Wildman–Crippen MR) is 107 cm³/mol. The van der Waals surface area contributed by atoms with Crippen LogP contribution in [0.15, 0.2) is 48.5 Å². The number of nitrogens with one attached hydrogen (secondary N) is 2. The van der Waals surface area contributed by atoms with Crippen LogP contribution in [0.25, 0.3) is 11.1 Å². The van der Waals surface area contributed by atoms with Gasteiger partial charge in [-0.25, -0.2) is 0 Å². The number of amides is 2. The predicted octanol–water partition coefficient (Wildman–Crippen LogP) is 3.97. The van der Waals surface area contributed by atoms with Gasteiger partial charge in [0.05, 0.1) is 0 Å². The standard InChI is InChI=1S/C21H24N2O3Se/c1-13(2)19(23-21(25)27-3)22-20(24)26-12-18-16-10-6-4-8-14(16)15-9-5-7-11-17(15)18/h4-11,13,18-19H,12H2,1-3H3,(H,22,24)(H,23,25)/t19-/m1/s1. The average Bonchev–Trinajstić information content (AvgIpc) is 2.99. The minimum atomic E-state index is -0.514. The van der Waals surface area contributed by atoms with Crippen molar-refractivity contribution in [2.24, 2.45) is 5.92 Å². The van der Waals surface area contributed by atoms with E-state index in [1.165, 1.54) is 22.3 Å².